The van der Waals surface area contributed by atoms with Gasteiger partial charge in [0.1, 0.15) is 0 Å². The number of piperidine rings is 1. The van der Waals surface area contributed by atoms with E-state index >= 15 is 0 Å². The second-order valence-corrected chi connectivity index (χ2v) is 8.49. The van der Waals surface area contributed by atoms with Crippen molar-refractivity contribution < 1.29 is 14.4 Å². The molecule has 3 aliphatic rings. The Balaban J connectivity index is 1.33. The molecule has 158 valence electrons. The fourth-order valence-electron chi connectivity index (χ4n) is 4.58. The number of likely N-dealkylation sites (tertiary alicyclic amines) is 1. The van der Waals surface area contributed by atoms with Crippen LogP contribution >= 0.6 is 0 Å². The molecule has 2 aliphatic heterocycles. The van der Waals surface area contributed by atoms with Gasteiger partial charge in [-0.05, 0) is 57.5 Å². The fourth-order valence-corrected chi connectivity index (χ4v) is 4.58. The Bertz CT molecular complexity index is 544. The van der Waals surface area contributed by atoms with Crippen molar-refractivity contribution in [2.24, 2.45) is 5.92 Å². The predicted octanol–water partition coefficient (Wildman–Crippen LogP) is 0.725. The quantitative estimate of drug-likeness (QED) is 0.533. The second kappa shape index (κ2) is 10.8. The maximum absolute atomic E-state index is 12.2. The standard InChI is InChI=1S/C20H35N5O3/c26-18(24-20(28)23-16-7-2-1-3-8-16)14-25-11-5-6-15(13-25)12-22-19(27)17-9-4-10-21-17/h15-17,21H,1-14H2,(H,22,27)(H2,23,24,26,28). The molecule has 2 unspecified atom stereocenters. The Morgan fingerprint density at radius 1 is 0.964 bits per heavy atom. The zero-order valence-corrected chi connectivity index (χ0v) is 16.8. The molecule has 3 fully saturated rings. The zero-order valence-electron chi connectivity index (χ0n) is 16.8. The van der Waals surface area contributed by atoms with Crippen molar-refractivity contribution >= 4 is 17.8 Å². The van der Waals surface area contributed by atoms with Crippen LogP contribution in [0.1, 0.15) is 57.8 Å². The van der Waals surface area contributed by atoms with Crippen LogP contribution < -0.4 is 21.3 Å². The minimum absolute atomic E-state index is 0.0480. The van der Waals surface area contributed by atoms with Gasteiger partial charge in [0.15, 0.2) is 0 Å². The number of rotatable bonds is 6. The van der Waals surface area contributed by atoms with Gasteiger partial charge in [-0.3, -0.25) is 19.8 Å². The van der Waals surface area contributed by atoms with Crippen molar-refractivity contribution in [3.8, 4) is 0 Å². The number of hydrogen-bond acceptors (Lipinski definition) is 5. The molecule has 0 aromatic carbocycles. The van der Waals surface area contributed by atoms with Gasteiger partial charge in [-0.2, -0.15) is 0 Å². The van der Waals surface area contributed by atoms with E-state index in [0.717, 1.165) is 71.0 Å². The maximum Gasteiger partial charge on any atom is 0.321 e. The van der Waals surface area contributed by atoms with Crippen LogP contribution in [0.15, 0.2) is 0 Å². The fraction of sp³-hybridized carbons (Fsp3) is 0.850. The first-order chi connectivity index (χ1) is 13.6. The molecule has 4 N–H and O–H groups in total. The van der Waals surface area contributed by atoms with Gasteiger partial charge in [-0.25, -0.2) is 4.79 Å². The molecule has 4 amide bonds. The van der Waals surface area contributed by atoms with Crippen LogP contribution in [0.4, 0.5) is 4.79 Å². The number of urea groups is 1. The molecule has 1 aliphatic carbocycles. The van der Waals surface area contributed by atoms with Gasteiger partial charge in [0.05, 0.1) is 12.6 Å². The van der Waals surface area contributed by atoms with Crippen molar-refractivity contribution in [2.45, 2.75) is 69.9 Å². The third kappa shape index (κ3) is 6.74. The lowest BCUT2D eigenvalue weighted by atomic mass is 9.96. The van der Waals surface area contributed by atoms with Crippen LogP contribution in [-0.2, 0) is 9.59 Å². The largest absolute Gasteiger partial charge is 0.354 e. The summed E-state index contributed by atoms with van der Waals surface area (Å²) in [5.74, 6) is 0.183. The van der Waals surface area contributed by atoms with Gasteiger partial charge in [0, 0.05) is 19.1 Å². The SMILES string of the molecule is O=C(CN1CCCC(CNC(=O)C2CCCN2)C1)NC(=O)NC1CCCCC1. The van der Waals surface area contributed by atoms with Gasteiger partial charge in [-0.15, -0.1) is 0 Å². The van der Waals surface area contributed by atoms with Crippen molar-refractivity contribution in [1.29, 1.82) is 0 Å². The van der Waals surface area contributed by atoms with E-state index in [1.807, 2.05) is 0 Å². The first-order valence-corrected chi connectivity index (χ1v) is 10.9. The topological polar surface area (TPSA) is 103 Å². The van der Waals surface area contributed by atoms with E-state index in [0.29, 0.717) is 12.5 Å². The number of amides is 4. The van der Waals surface area contributed by atoms with Crippen molar-refractivity contribution in [3.63, 3.8) is 0 Å². The van der Waals surface area contributed by atoms with Crippen LogP contribution in [0.3, 0.4) is 0 Å². The summed E-state index contributed by atoms with van der Waals surface area (Å²) in [4.78, 5) is 38.5. The first kappa shape index (κ1) is 21.0. The number of nitrogens with zero attached hydrogens (tertiary/aromatic N) is 1. The molecule has 0 aromatic heterocycles. The molecule has 1 saturated carbocycles. The van der Waals surface area contributed by atoms with Crippen molar-refractivity contribution in [3.05, 3.63) is 0 Å². The van der Waals surface area contributed by atoms with E-state index in [4.69, 9.17) is 0 Å². The maximum atomic E-state index is 12.2. The summed E-state index contributed by atoms with van der Waals surface area (Å²) < 4.78 is 0. The molecular formula is C20H35N5O3. The number of nitrogens with one attached hydrogen (secondary N) is 4. The van der Waals surface area contributed by atoms with Gasteiger partial charge >= 0.3 is 6.03 Å². The summed E-state index contributed by atoms with van der Waals surface area (Å²) in [6.07, 6.45) is 9.52. The molecule has 0 bridgehead atoms. The summed E-state index contributed by atoms with van der Waals surface area (Å²) in [5.41, 5.74) is 0. The lowest BCUT2D eigenvalue weighted by Gasteiger charge is -2.32. The average molecular weight is 394 g/mol. The van der Waals surface area contributed by atoms with Crippen LogP contribution in [0, 0.1) is 5.92 Å². The van der Waals surface area contributed by atoms with Crippen LogP contribution in [0.2, 0.25) is 0 Å². The molecule has 8 heteroatoms. The van der Waals surface area contributed by atoms with Gasteiger partial charge in [0.2, 0.25) is 11.8 Å². The molecule has 2 atom stereocenters. The average Bonchev–Trinajstić information content (AvgIpc) is 3.22. The highest BCUT2D eigenvalue weighted by Gasteiger charge is 2.26. The van der Waals surface area contributed by atoms with E-state index in [9.17, 15) is 14.4 Å². The number of imide groups is 1. The normalized spacial score (nSPS) is 26.6. The van der Waals surface area contributed by atoms with Crippen molar-refractivity contribution in [1.82, 2.24) is 26.2 Å². The van der Waals surface area contributed by atoms with Crippen LogP contribution in [0.5, 0.6) is 0 Å². The summed E-state index contributed by atoms with van der Waals surface area (Å²) in [7, 11) is 0. The van der Waals surface area contributed by atoms with Gasteiger partial charge in [0.25, 0.3) is 0 Å². The third-order valence-electron chi connectivity index (χ3n) is 6.11. The van der Waals surface area contributed by atoms with Gasteiger partial charge < -0.3 is 16.0 Å². The number of hydrogen-bond donors (Lipinski definition) is 4. The van der Waals surface area contributed by atoms with Gasteiger partial charge in [-0.1, -0.05) is 19.3 Å². The Labute approximate surface area is 167 Å². The number of carbonyl (C=O) groups is 3. The molecule has 2 saturated heterocycles. The highest BCUT2D eigenvalue weighted by molar-refractivity contribution is 5.95. The van der Waals surface area contributed by atoms with Crippen molar-refractivity contribution in [2.75, 3.05) is 32.7 Å². The summed E-state index contributed by atoms with van der Waals surface area (Å²) in [6, 6.07) is -0.228. The first-order valence-electron chi connectivity index (χ1n) is 10.9. The van der Waals surface area contributed by atoms with E-state index in [1.54, 1.807) is 0 Å². The molecule has 3 rings (SSSR count). The number of carbonyl (C=O) groups excluding carboxylic acids is 3. The lowest BCUT2D eigenvalue weighted by molar-refractivity contribution is -0.124. The Morgan fingerprint density at radius 2 is 1.79 bits per heavy atom. The van der Waals surface area contributed by atoms with Crippen LogP contribution in [-0.4, -0.2) is 67.6 Å². The minimum atomic E-state index is -0.373. The van der Waals surface area contributed by atoms with E-state index in [2.05, 4.69) is 26.2 Å². The summed E-state index contributed by atoms with van der Waals surface area (Å²) >= 11 is 0. The molecule has 2 heterocycles. The summed E-state index contributed by atoms with van der Waals surface area (Å²) in [6.45, 7) is 3.42. The predicted molar refractivity (Wildman–Crippen MR) is 107 cm³/mol. The Morgan fingerprint density at radius 3 is 2.54 bits per heavy atom. The second-order valence-electron chi connectivity index (χ2n) is 8.49. The Kier molecular flexibility index (Phi) is 8.09. The highest BCUT2D eigenvalue weighted by atomic mass is 16.2. The highest BCUT2D eigenvalue weighted by Crippen LogP contribution is 2.17. The van der Waals surface area contributed by atoms with E-state index in [-0.39, 0.29) is 36.5 Å². The summed E-state index contributed by atoms with van der Waals surface area (Å²) in [5, 5.41) is 11.6. The smallest absolute Gasteiger partial charge is 0.321 e. The molecule has 8 nitrogen and oxygen atoms in total. The third-order valence-corrected chi connectivity index (χ3v) is 6.11. The minimum Gasteiger partial charge on any atom is -0.354 e. The van der Waals surface area contributed by atoms with Crippen LogP contribution in [0.25, 0.3) is 0 Å². The van der Waals surface area contributed by atoms with E-state index < -0.39 is 0 Å². The monoisotopic (exact) mass is 393 g/mol. The molecular weight excluding hydrogens is 358 g/mol. The molecule has 0 spiro atoms. The molecule has 28 heavy (non-hydrogen) atoms. The molecule has 0 aromatic rings. The zero-order chi connectivity index (χ0) is 19.8. The molecule has 0 radical (unpaired) electrons. The lowest BCUT2D eigenvalue weighted by Crippen LogP contribution is -2.50. The Hall–Kier alpha value is -1.67. The van der Waals surface area contributed by atoms with E-state index in [1.165, 1.54) is 6.42 Å².